The molecule has 4 aromatic rings. The van der Waals surface area contributed by atoms with Gasteiger partial charge in [0.1, 0.15) is 41.3 Å². The van der Waals surface area contributed by atoms with Gasteiger partial charge < -0.3 is 24.6 Å². The van der Waals surface area contributed by atoms with Gasteiger partial charge in [-0.25, -0.2) is 22.0 Å². The molecule has 3 aliphatic heterocycles. The number of benzene rings is 3. The summed E-state index contributed by atoms with van der Waals surface area (Å²) in [5, 5.41) is 20.8. The van der Waals surface area contributed by atoms with Crippen molar-refractivity contribution in [2.45, 2.75) is 43.5 Å². The van der Waals surface area contributed by atoms with E-state index in [1.54, 1.807) is 11.8 Å². The Morgan fingerprint density at radius 1 is 1.07 bits per heavy atom. The summed E-state index contributed by atoms with van der Waals surface area (Å²) in [6.45, 7) is 3.06. The number of hydrogen-bond acceptors (Lipinski definition) is 8. The molecule has 45 heavy (non-hydrogen) atoms. The number of fused-ring (bicyclic) bond motifs is 3. The molecule has 0 aliphatic carbocycles. The monoisotopic (exact) mass is 630 g/mol. The van der Waals surface area contributed by atoms with Crippen molar-refractivity contribution in [3.63, 3.8) is 0 Å². The second kappa shape index (κ2) is 10.9. The average molecular weight is 631 g/mol. The summed E-state index contributed by atoms with van der Waals surface area (Å²) in [5.41, 5.74) is -3.40. The molecule has 8 nitrogen and oxygen atoms in total. The fourth-order valence-electron chi connectivity index (χ4n) is 7.12. The minimum atomic E-state index is -1.33. The van der Waals surface area contributed by atoms with Gasteiger partial charge in [-0.1, -0.05) is 6.07 Å². The molecule has 238 valence electrons. The van der Waals surface area contributed by atoms with Crippen LogP contribution in [-0.2, 0) is 4.74 Å². The number of phenolic OH excluding ortho intramolecular Hbond substituents is 1. The molecule has 3 aromatic carbocycles. The smallest absolute Gasteiger partial charge is 0.319 e. The summed E-state index contributed by atoms with van der Waals surface area (Å²) in [5.74, 6) is -5.24. The Morgan fingerprint density at radius 3 is 2.71 bits per heavy atom. The maximum atomic E-state index is 16.6. The van der Waals surface area contributed by atoms with E-state index < -0.39 is 62.8 Å². The quantitative estimate of drug-likeness (QED) is 0.289. The van der Waals surface area contributed by atoms with Crippen molar-refractivity contribution in [2.75, 3.05) is 50.9 Å². The van der Waals surface area contributed by atoms with Crippen LogP contribution in [0.15, 0.2) is 30.3 Å². The normalized spacial score (nSPS) is 25.7. The van der Waals surface area contributed by atoms with Gasteiger partial charge in [0.2, 0.25) is 0 Å². The molecule has 0 amide bonds. The van der Waals surface area contributed by atoms with Crippen LogP contribution in [-0.4, -0.2) is 88.4 Å². The van der Waals surface area contributed by atoms with Crippen LogP contribution in [0.25, 0.3) is 32.8 Å². The molecule has 0 spiro atoms. The number of rotatable bonds is 5. The highest BCUT2D eigenvalue weighted by Crippen LogP contribution is 2.43. The molecule has 4 heterocycles. The Balaban J connectivity index is 1.41. The zero-order valence-electron chi connectivity index (χ0n) is 24.4. The molecule has 2 N–H and O–H groups in total. The highest BCUT2D eigenvalue weighted by Gasteiger charge is 2.49. The van der Waals surface area contributed by atoms with E-state index in [0.717, 1.165) is 37.2 Å². The summed E-state index contributed by atoms with van der Waals surface area (Å²) in [7, 11) is 0. The molecule has 3 atom stereocenters. The van der Waals surface area contributed by atoms with Gasteiger partial charge in [-0.3, -0.25) is 4.90 Å². The first-order valence-electron chi connectivity index (χ1n) is 14.8. The minimum Gasteiger partial charge on any atom is -0.508 e. The number of hydrogen-bond donors (Lipinski definition) is 2. The maximum absolute atomic E-state index is 16.6. The number of aliphatic hydroxyl groups is 1. The van der Waals surface area contributed by atoms with Gasteiger partial charge >= 0.3 is 6.01 Å². The van der Waals surface area contributed by atoms with E-state index in [1.165, 1.54) is 6.07 Å². The zero-order valence-corrected chi connectivity index (χ0v) is 24.4. The van der Waals surface area contributed by atoms with Crippen molar-refractivity contribution in [3.8, 4) is 22.9 Å². The summed E-state index contributed by atoms with van der Waals surface area (Å²) in [4.78, 5) is 12.5. The zero-order chi connectivity index (χ0) is 31.7. The van der Waals surface area contributed by atoms with Gasteiger partial charge in [0, 0.05) is 35.8 Å². The number of phenols is 1. The highest BCUT2D eigenvalue weighted by atomic mass is 19.2. The second-order valence-electron chi connectivity index (χ2n) is 12.6. The van der Waals surface area contributed by atoms with Crippen LogP contribution in [0.1, 0.15) is 26.2 Å². The fourth-order valence-corrected chi connectivity index (χ4v) is 7.12. The van der Waals surface area contributed by atoms with E-state index in [-0.39, 0.29) is 67.4 Å². The van der Waals surface area contributed by atoms with Crippen LogP contribution in [0.5, 0.6) is 11.8 Å². The third kappa shape index (κ3) is 5.20. The molecule has 0 radical (unpaired) electrons. The average Bonchev–Trinajstić information content (AvgIpc) is 3.44. The number of β-amino-alcohol motifs (C(OH)–C–C–N with tert-alkyl or cyclic N) is 1. The third-order valence-electron chi connectivity index (χ3n) is 9.08. The summed E-state index contributed by atoms with van der Waals surface area (Å²) in [6.07, 6.45) is 0.841. The van der Waals surface area contributed by atoms with Gasteiger partial charge in [0.05, 0.1) is 30.9 Å². The lowest BCUT2D eigenvalue weighted by Crippen LogP contribution is -2.44. The number of aromatic nitrogens is 2. The van der Waals surface area contributed by atoms with Gasteiger partial charge in [-0.05, 0) is 56.0 Å². The maximum Gasteiger partial charge on any atom is 0.319 e. The molecule has 1 aromatic heterocycles. The SMILES string of the molecule is C[C@@]1(O)COCCN(c2nc(OC[C@@]34CCCN3C[C@H](F)C4)nc3c(F)c(-c4cc(O)cc5ccc(F)c(F)c45)c(F)cc23)C1. The molecule has 3 aliphatic rings. The number of ether oxygens (including phenoxy) is 2. The van der Waals surface area contributed by atoms with Gasteiger partial charge in [-0.15, -0.1) is 0 Å². The standard InChI is InChI=1S/C32H31F5N4O4/c1-31(43)14-40(7-8-44-15-31)29-21-11-23(35)25(20-10-19(42)9-17-3-4-22(34)26(36)24(17)20)27(37)28(21)38-30(39-29)45-16-32-5-2-6-41(32)13-18(33)12-32/h3-4,9-11,18,42-43H,2,5-8,12-16H2,1H3/t18-,31+,32+/m1/s1. The first-order chi connectivity index (χ1) is 21.4. The number of halogens is 5. The highest BCUT2D eigenvalue weighted by molar-refractivity contribution is 6.02. The number of alkyl halides is 1. The number of aromatic hydroxyl groups is 1. The van der Waals surface area contributed by atoms with Crippen molar-refractivity contribution in [1.29, 1.82) is 0 Å². The second-order valence-corrected chi connectivity index (χ2v) is 12.6. The predicted molar refractivity (Wildman–Crippen MR) is 156 cm³/mol. The lowest BCUT2D eigenvalue weighted by Gasteiger charge is -2.31. The van der Waals surface area contributed by atoms with Crippen LogP contribution >= 0.6 is 0 Å². The Bertz CT molecular complexity index is 1820. The molecule has 3 fully saturated rings. The van der Waals surface area contributed by atoms with E-state index in [4.69, 9.17) is 9.47 Å². The van der Waals surface area contributed by atoms with Crippen molar-refractivity contribution in [3.05, 3.63) is 53.6 Å². The first-order valence-corrected chi connectivity index (χ1v) is 14.8. The molecule has 3 saturated heterocycles. The fraction of sp³-hybridized carbons (Fsp3) is 0.438. The van der Waals surface area contributed by atoms with E-state index >= 15 is 13.2 Å². The van der Waals surface area contributed by atoms with E-state index in [0.29, 0.717) is 13.0 Å². The summed E-state index contributed by atoms with van der Waals surface area (Å²) < 4.78 is 88.1. The number of anilines is 1. The Morgan fingerprint density at radius 2 is 1.89 bits per heavy atom. The van der Waals surface area contributed by atoms with Gasteiger partial charge in [0.25, 0.3) is 0 Å². The van der Waals surface area contributed by atoms with E-state index in [9.17, 15) is 19.0 Å². The molecule has 0 saturated carbocycles. The van der Waals surface area contributed by atoms with E-state index in [1.807, 2.05) is 4.90 Å². The van der Waals surface area contributed by atoms with Gasteiger partial charge in [-0.2, -0.15) is 9.97 Å². The van der Waals surface area contributed by atoms with Crippen molar-refractivity contribution >= 4 is 27.5 Å². The third-order valence-corrected chi connectivity index (χ3v) is 9.08. The predicted octanol–water partition coefficient (Wildman–Crippen LogP) is 5.25. The minimum absolute atomic E-state index is 0.00642. The Labute approximate surface area is 255 Å². The molecular formula is C32H31F5N4O4. The molecular weight excluding hydrogens is 599 g/mol. The van der Waals surface area contributed by atoms with Crippen LogP contribution in [0.3, 0.4) is 0 Å². The molecule has 7 rings (SSSR count). The van der Waals surface area contributed by atoms with Crippen molar-refractivity contribution < 1.29 is 41.6 Å². The lowest BCUT2D eigenvalue weighted by atomic mass is 9.95. The Hall–Kier alpha value is -3.81. The lowest BCUT2D eigenvalue weighted by molar-refractivity contribution is -0.0123. The van der Waals surface area contributed by atoms with Crippen molar-refractivity contribution in [2.24, 2.45) is 0 Å². The van der Waals surface area contributed by atoms with Crippen LogP contribution in [0.2, 0.25) is 0 Å². The molecule has 13 heteroatoms. The number of nitrogens with zero attached hydrogens (tertiary/aromatic N) is 4. The van der Waals surface area contributed by atoms with Crippen LogP contribution in [0.4, 0.5) is 27.8 Å². The summed E-state index contributed by atoms with van der Waals surface area (Å²) >= 11 is 0. The topological polar surface area (TPSA) is 91.2 Å². The summed E-state index contributed by atoms with van der Waals surface area (Å²) in [6, 6.07) is 4.92. The van der Waals surface area contributed by atoms with Gasteiger partial charge in [0.15, 0.2) is 17.5 Å². The van der Waals surface area contributed by atoms with E-state index in [2.05, 4.69) is 9.97 Å². The first kappa shape index (κ1) is 29.9. The van der Waals surface area contributed by atoms with Crippen LogP contribution in [0, 0.1) is 23.3 Å². The Kier molecular flexibility index (Phi) is 7.25. The van der Waals surface area contributed by atoms with Crippen molar-refractivity contribution in [1.82, 2.24) is 14.9 Å². The van der Waals surface area contributed by atoms with Crippen LogP contribution < -0.4 is 9.64 Å². The molecule has 0 bridgehead atoms. The largest absolute Gasteiger partial charge is 0.508 e. The molecule has 0 unspecified atom stereocenters.